The number of ether oxygens (including phenoxy) is 2. The van der Waals surface area contributed by atoms with Crippen LogP contribution in [-0.4, -0.2) is 153 Å². The predicted molar refractivity (Wildman–Crippen MR) is 338 cm³/mol. The minimum absolute atomic E-state index is 0.0188. The SMILES string of the molecule is CC.CCc1cccc2cccc(-c3ncc4c(N5CC6CCC(C5)N6)nc(OC[C@]56CCCN5[C@@H](COC(=O)N5CCN(c7cc(C(C(=O)N8C[C@H](C)CC8C(=O)N[C@@H](C)c8ccc(-c9scnc9C)cc8)C(C)C)on7)CC5)CC6)nc4c3F)c12. The van der Waals surface area contributed by atoms with Crippen LogP contribution in [0.5, 0.6) is 6.01 Å². The second-order valence-electron chi connectivity index (χ2n) is 25.1. The van der Waals surface area contributed by atoms with Crippen LogP contribution in [0.3, 0.4) is 0 Å². The fraction of sp³-hybridized carbons (Fsp3) is 0.522. The Kier molecular flexibility index (Phi) is 17.5. The summed E-state index contributed by atoms with van der Waals surface area (Å²) in [6, 6.07) is 22.2. The molecule has 0 spiro atoms. The summed E-state index contributed by atoms with van der Waals surface area (Å²) in [6.07, 6.45) is 8.54. The fourth-order valence-corrected chi connectivity index (χ4v) is 15.5. The monoisotopic (exact) mass is 1200 g/mol. The lowest BCUT2D eigenvalue weighted by molar-refractivity contribution is -0.141. The highest BCUT2D eigenvalue weighted by molar-refractivity contribution is 7.13. The van der Waals surface area contributed by atoms with Gasteiger partial charge in [0.15, 0.2) is 17.4 Å². The van der Waals surface area contributed by atoms with Gasteiger partial charge in [0.1, 0.15) is 42.2 Å². The number of nitrogens with zero attached hydrogens (tertiary/aromatic N) is 10. The van der Waals surface area contributed by atoms with E-state index >= 15 is 4.39 Å². The van der Waals surface area contributed by atoms with Crippen molar-refractivity contribution in [2.45, 2.75) is 148 Å². The van der Waals surface area contributed by atoms with Crippen LogP contribution in [0.2, 0.25) is 0 Å². The second-order valence-corrected chi connectivity index (χ2v) is 25.9. The van der Waals surface area contributed by atoms with Gasteiger partial charge in [-0.1, -0.05) is 107 Å². The van der Waals surface area contributed by atoms with Crippen molar-refractivity contribution in [3.05, 3.63) is 107 Å². The summed E-state index contributed by atoms with van der Waals surface area (Å²) in [5.41, 5.74) is 6.95. The normalized spacial score (nSPS) is 23.5. The summed E-state index contributed by atoms with van der Waals surface area (Å²) in [4.78, 5) is 72.9. The maximum Gasteiger partial charge on any atom is 0.409 e. The van der Waals surface area contributed by atoms with E-state index in [4.69, 9.17) is 28.9 Å². The summed E-state index contributed by atoms with van der Waals surface area (Å²) < 4.78 is 36.1. The van der Waals surface area contributed by atoms with Crippen LogP contribution >= 0.6 is 11.3 Å². The van der Waals surface area contributed by atoms with E-state index in [1.807, 2.05) is 83.5 Å². The molecular formula is C67H83FN12O6S. The summed E-state index contributed by atoms with van der Waals surface area (Å²) >= 11 is 1.61. The van der Waals surface area contributed by atoms with Gasteiger partial charge in [-0.25, -0.2) is 14.2 Å². The average Bonchev–Trinajstić information content (AvgIpc) is 3.41. The van der Waals surface area contributed by atoms with Crippen molar-refractivity contribution in [1.29, 1.82) is 0 Å². The van der Waals surface area contributed by atoms with Crippen molar-refractivity contribution in [2.24, 2.45) is 11.8 Å². The Bertz CT molecular complexity index is 3610. The Hall–Kier alpha value is -7.29. The van der Waals surface area contributed by atoms with Crippen LogP contribution < -0.4 is 25.2 Å². The minimum Gasteiger partial charge on any atom is -0.461 e. The molecule has 6 aliphatic heterocycles. The number of halogens is 1. The minimum atomic E-state index is -0.640. The second kappa shape index (κ2) is 25.4. The summed E-state index contributed by atoms with van der Waals surface area (Å²) in [6.45, 7) is 21.4. The first-order valence-electron chi connectivity index (χ1n) is 31.7. The molecule has 0 radical (unpaired) electrons. The van der Waals surface area contributed by atoms with Gasteiger partial charge in [0, 0.05) is 81.8 Å². The Morgan fingerprint density at radius 3 is 2.39 bits per heavy atom. The van der Waals surface area contributed by atoms with E-state index in [0.29, 0.717) is 80.6 Å². The number of hydrogen-bond acceptors (Lipinski definition) is 16. The molecule has 6 fully saturated rings. The highest BCUT2D eigenvalue weighted by Crippen LogP contribution is 2.44. The molecule has 13 rings (SSSR count). The molecule has 7 aromatic rings. The molecule has 87 heavy (non-hydrogen) atoms. The van der Waals surface area contributed by atoms with Gasteiger partial charge in [0.05, 0.1) is 33.0 Å². The lowest BCUT2D eigenvalue weighted by Gasteiger charge is -2.36. The van der Waals surface area contributed by atoms with Gasteiger partial charge in [-0.2, -0.15) is 9.97 Å². The maximum atomic E-state index is 17.3. The molecule has 4 aromatic heterocycles. The number of amides is 3. The van der Waals surface area contributed by atoms with Crippen LogP contribution in [0.1, 0.15) is 128 Å². The van der Waals surface area contributed by atoms with E-state index in [2.05, 4.69) is 79.7 Å². The zero-order chi connectivity index (χ0) is 60.7. The summed E-state index contributed by atoms with van der Waals surface area (Å²) in [5.74, 6) is 0.287. The summed E-state index contributed by atoms with van der Waals surface area (Å²) in [5, 5.41) is 14.0. The summed E-state index contributed by atoms with van der Waals surface area (Å²) in [7, 11) is 0. The number of likely N-dealkylation sites (tertiary alicyclic amines) is 1. The van der Waals surface area contributed by atoms with Crippen LogP contribution in [0.25, 0.3) is 43.4 Å². The van der Waals surface area contributed by atoms with Crippen molar-refractivity contribution in [3.63, 3.8) is 0 Å². The Balaban J connectivity index is 0.00000366. The molecule has 4 unspecified atom stereocenters. The predicted octanol–water partition coefficient (Wildman–Crippen LogP) is 11.1. The van der Waals surface area contributed by atoms with Crippen molar-refractivity contribution in [2.75, 3.05) is 75.4 Å². The number of benzene rings is 3. The van der Waals surface area contributed by atoms with E-state index < -0.39 is 17.8 Å². The van der Waals surface area contributed by atoms with E-state index in [1.54, 1.807) is 27.3 Å². The number of piperazine rings is 2. The van der Waals surface area contributed by atoms with Gasteiger partial charge < -0.3 is 44.2 Å². The number of anilines is 2. The molecule has 2 N–H and O–H groups in total. The molecule has 460 valence electrons. The molecule has 6 aliphatic rings. The van der Waals surface area contributed by atoms with Crippen molar-refractivity contribution < 1.29 is 32.8 Å². The maximum absolute atomic E-state index is 17.3. The largest absolute Gasteiger partial charge is 0.461 e. The molecule has 10 heterocycles. The number of pyridine rings is 1. The van der Waals surface area contributed by atoms with Crippen LogP contribution in [-0.2, 0) is 20.7 Å². The van der Waals surface area contributed by atoms with E-state index in [-0.39, 0.29) is 71.2 Å². The van der Waals surface area contributed by atoms with Gasteiger partial charge in [0.2, 0.25) is 11.8 Å². The number of carbonyl (C=O) groups excluding carboxylic acids is 3. The highest BCUT2D eigenvalue weighted by atomic mass is 32.1. The van der Waals surface area contributed by atoms with Crippen LogP contribution in [0.4, 0.5) is 20.8 Å². The van der Waals surface area contributed by atoms with Gasteiger partial charge in [-0.05, 0) is 111 Å². The Labute approximate surface area is 513 Å². The number of carbonyl (C=O) groups is 3. The number of hydrogen-bond donors (Lipinski definition) is 2. The lowest BCUT2D eigenvalue weighted by atomic mass is 9.91. The van der Waals surface area contributed by atoms with E-state index in [0.717, 1.165) is 108 Å². The average molecular weight is 1200 g/mol. The first-order chi connectivity index (χ1) is 42.2. The molecule has 2 bridgehead atoms. The number of fused-ring (bicyclic) bond motifs is 5. The van der Waals surface area contributed by atoms with Crippen molar-refractivity contribution in [3.8, 4) is 27.7 Å². The molecule has 8 atom stereocenters. The van der Waals surface area contributed by atoms with E-state index in [1.165, 1.54) is 0 Å². The molecule has 0 aliphatic carbocycles. The van der Waals surface area contributed by atoms with Crippen LogP contribution in [0, 0.1) is 24.6 Å². The van der Waals surface area contributed by atoms with Crippen molar-refractivity contribution in [1.82, 2.24) is 50.4 Å². The molecule has 3 amide bonds. The molecular weight excluding hydrogens is 1120 g/mol. The lowest BCUT2D eigenvalue weighted by Crippen LogP contribution is -2.51. The van der Waals surface area contributed by atoms with Gasteiger partial charge in [-0.15, -0.1) is 11.3 Å². The molecule has 6 saturated heterocycles. The molecule has 18 nitrogen and oxygen atoms in total. The quantitative estimate of drug-likeness (QED) is 0.0929. The van der Waals surface area contributed by atoms with Gasteiger partial charge in [0.25, 0.3) is 0 Å². The number of aromatic nitrogens is 5. The third-order valence-corrected chi connectivity index (χ3v) is 20.2. The first-order valence-corrected chi connectivity index (χ1v) is 32.6. The third kappa shape index (κ3) is 11.8. The van der Waals surface area contributed by atoms with Gasteiger partial charge in [-0.3, -0.25) is 19.5 Å². The molecule has 0 saturated carbocycles. The molecule has 3 aromatic carbocycles. The number of aryl methyl sites for hydroxylation is 2. The zero-order valence-electron chi connectivity index (χ0n) is 51.6. The standard InChI is InChI=1S/C65H77FN12O6S.C2H6/c1-7-42-11-8-12-44-13-9-14-49(55(42)44)57-56(66)58-50(31-67-57)60(76-33-46-19-20-47(34-76)70-46)72-63(71-58)83-36-65-22-10-24-78(65)48(21-23-65)35-82-64(81)75-27-25-74(26-28-75)53-30-52(84-73-53)54(38(2)3)62(80)77-32-39(4)29-51(77)61(79)69-40(5)43-15-17-45(18-16-43)59-41(6)68-37-85-59;1-2/h8-9,11-18,30-31,37-40,46-48,51,54,70H,7,10,19-29,32-36H2,1-6H3,(H,69,79);1-2H3/t39-,40+,46?,47?,48-,51?,54?,65-;/m1./s1. The third-order valence-electron chi connectivity index (χ3n) is 19.2. The van der Waals surface area contributed by atoms with Gasteiger partial charge >= 0.3 is 12.1 Å². The van der Waals surface area contributed by atoms with Crippen molar-refractivity contribution >= 4 is 62.6 Å². The number of nitrogens with one attached hydrogen (secondary N) is 2. The zero-order valence-corrected chi connectivity index (χ0v) is 52.4. The fourth-order valence-electron chi connectivity index (χ4n) is 14.7. The Morgan fingerprint density at radius 2 is 1.67 bits per heavy atom. The molecule has 20 heteroatoms. The first kappa shape index (κ1) is 60.0. The number of rotatable bonds is 16. The smallest absolute Gasteiger partial charge is 0.409 e. The topological polar surface area (TPSA) is 188 Å². The Morgan fingerprint density at radius 1 is 0.908 bits per heavy atom. The highest BCUT2D eigenvalue weighted by Gasteiger charge is 2.51. The number of thiazole rings is 1. The van der Waals surface area contributed by atoms with Crippen LogP contribution in [0.15, 0.2) is 83.0 Å². The van der Waals surface area contributed by atoms with E-state index in [9.17, 15) is 14.4 Å².